The molecule has 0 N–H and O–H groups in total. The number of amides is 1. The van der Waals surface area contributed by atoms with Crippen LogP contribution in [0.15, 0.2) is 82.6 Å². The zero-order valence-electron chi connectivity index (χ0n) is 19.9. The molecule has 2 aliphatic heterocycles. The molecule has 0 bridgehead atoms. The van der Waals surface area contributed by atoms with E-state index in [2.05, 4.69) is 11.8 Å². The second kappa shape index (κ2) is 9.41. The summed E-state index contributed by atoms with van der Waals surface area (Å²) in [6, 6.07) is 23.2. The lowest BCUT2D eigenvalue weighted by molar-refractivity contribution is -0.121. The van der Waals surface area contributed by atoms with Gasteiger partial charge in [0.1, 0.15) is 0 Å². The molecule has 0 fully saturated rings. The largest absolute Gasteiger partial charge is 0.452 e. The fourth-order valence-corrected chi connectivity index (χ4v) is 6.04. The Morgan fingerprint density at radius 1 is 0.944 bits per heavy atom. The maximum absolute atomic E-state index is 13.6. The zero-order chi connectivity index (χ0) is 24.6. The van der Waals surface area contributed by atoms with Crippen LogP contribution in [-0.2, 0) is 22.5 Å². The number of rotatable bonds is 4. The number of benzene rings is 3. The van der Waals surface area contributed by atoms with Gasteiger partial charge < -0.3 is 4.74 Å². The molecule has 0 saturated heterocycles. The summed E-state index contributed by atoms with van der Waals surface area (Å²) in [5, 5.41) is 0.761. The Bertz CT molecular complexity index is 1460. The number of ether oxygens (including phenoxy) is 1. The lowest BCUT2D eigenvalue weighted by Crippen LogP contribution is -2.34. The number of carbonyl (C=O) groups excluding carboxylic acids is 2. The highest BCUT2D eigenvalue weighted by Crippen LogP contribution is 2.47. The number of carbonyl (C=O) groups is 2. The predicted molar refractivity (Wildman–Crippen MR) is 141 cm³/mol. The van der Waals surface area contributed by atoms with E-state index in [9.17, 15) is 9.59 Å². The van der Waals surface area contributed by atoms with Gasteiger partial charge >= 0.3 is 5.97 Å². The Labute approximate surface area is 213 Å². The first kappa shape index (κ1) is 22.8. The number of para-hydroxylation sites is 3. The van der Waals surface area contributed by atoms with Gasteiger partial charge in [0.15, 0.2) is 6.61 Å². The van der Waals surface area contributed by atoms with Gasteiger partial charge in [-0.15, -0.1) is 0 Å². The van der Waals surface area contributed by atoms with Crippen molar-refractivity contribution in [3.05, 3.63) is 89.6 Å². The predicted octanol–water partition coefficient (Wildman–Crippen LogP) is 5.60. The molecule has 1 amide bonds. The number of nitrogens with zero attached hydrogens (tertiary/aromatic N) is 3. The molecule has 0 saturated carbocycles. The monoisotopic (exact) mass is 495 g/mol. The van der Waals surface area contributed by atoms with Gasteiger partial charge in [0, 0.05) is 45.9 Å². The van der Waals surface area contributed by atoms with Crippen LogP contribution < -0.4 is 4.90 Å². The molecule has 0 aliphatic carbocycles. The molecular weight excluding hydrogens is 470 g/mol. The first-order valence-electron chi connectivity index (χ1n) is 12.1. The first-order chi connectivity index (χ1) is 17.6. The van der Waals surface area contributed by atoms with E-state index in [1.54, 1.807) is 16.7 Å². The number of fused-ring (bicyclic) bond motifs is 4. The molecule has 180 valence electrons. The smallest absolute Gasteiger partial charge is 0.339 e. The summed E-state index contributed by atoms with van der Waals surface area (Å²) in [7, 11) is 0. The lowest BCUT2D eigenvalue weighted by Gasteiger charge is -2.31. The van der Waals surface area contributed by atoms with Crippen molar-refractivity contribution >= 4 is 45.9 Å². The number of likely N-dealkylation sites (N-methyl/N-ethyl adjacent to an activating group) is 1. The Morgan fingerprint density at radius 2 is 1.61 bits per heavy atom. The molecule has 0 spiro atoms. The van der Waals surface area contributed by atoms with Crippen molar-refractivity contribution in [3.63, 3.8) is 0 Å². The topological polar surface area (TPSA) is 62.7 Å². The summed E-state index contributed by atoms with van der Waals surface area (Å²) < 4.78 is 5.73. The third-order valence-electron chi connectivity index (χ3n) is 6.79. The van der Waals surface area contributed by atoms with Crippen LogP contribution in [0.4, 0.5) is 11.4 Å². The number of hydrogen-bond acceptors (Lipinski definition) is 6. The third kappa shape index (κ3) is 3.94. The van der Waals surface area contributed by atoms with Crippen molar-refractivity contribution in [2.75, 3.05) is 24.6 Å². The SMILES string of the molecule is CCN1CCc2nc3ccccc3c(C(=O)OCC(=O)N3c4ccccc4Sc4ccccc43)c2C1. The van der Waals surface area contributed by atoms with Crippen molar-refractivity contribution in [1.82, 2.24) is 9.88 Å². The average Bonchev–Trinajstić information content (AvgIpc) is 2.92. The minimum atomic E-state index is -0.482. The maximum Gasteiger partial charge on any atom is 0.339 e. The second-order valence-electron chi connectivity index (χ2n) is 8.89. The molecule has 36 heavy (non-hydrogen) atoms. The molecule has 1 aromatic heterocycles. The molecule has 3 aromatic carbocycles. The number of anilines is 2. The molecule has 6 nitrogen and oxygen atoms in total. The fraction of sp³-hybridized carbons (Fsp3) is 0.207. The average molecular weight is 496 g/mol. The number of pyridine rings is 1. The fourth-order valence-electron chi connectivity index (χ4n) is 4.99. The van der Waals surface area contributed by atoms with Gasteiger partial charge in [0.25, 0.3) is 5.91 Å². The third-order valence-corrected chi connectivity index (χ3v) is 7.92. The minimum absolute atomic E-state index is 0.286. The minimum Gasteiger partial charge on any atom is -0.452 e. The summed E-state index contributed by atoms with van der Waals surface area (Å²) in [4.78, 5) is 37.9. The van der Waals surface area contributed by atoms with Crippen LogP contribution in [0.1, 0.15) is 28.5 Å². The quantitative estimate of drug-likeness (QED) is 0.344. The summed E-state index contributed by atoms with van der Waals surface area (Å²) in [6.07, 6.45) is 0.784. The van der Waals surface area contributed by atoms with Crippen molar-refractivity contribution in [2.24, 2.45) is 0 Å². The molecule has 2 aliphatic rings. The molecule has 6 rings (SSSR count). The van der Waals surface area contributed by atoms with Crippen LogP contribution in [0.3, 0.4) is 0 Å². The van der Waals surface area contributed by atoms with E-state index in [1.165, 1.54) is 0 Å². The van der Waals surface area contributed by atoms with Gasteiger partial charge in [-0.25, -0.2) is 4.79 Å². The number of esters is 1. The Hall–Kier alpha value is -3.68. The van der Waals surface area contributed by atoms with Crippen LogP contribution in [0.25, 0.3) is 10.9 Å². The van der Waals surface area contributed by atoms with Crippen LogP contribution in [0.5, 0.6) is 0 Å². The van der Waals surface area contributed by atoms with E-state index in [-0.39, 0.29) is 12.5 Å². The van der Waals surface area contributed by atoms with Crippen LogP contribution >= 0.6 is 11.8 Å². The first-order valence-corrected chi connectivity index (χ1v) is 12.9. The second-order valence-corrected chi connectivity index (χ2v) is 9.97. The summed E-state index contributed by atoms with van der Waals surface area (Å²) in [5.41, 5.74) is 4.74. The molecule has 4 aromatic rings. The van der Waals surface area contributed by atoms with Gasteiger partial charge in [-0.1, -0.05) is 61.2 Å². The molecule has 0 atom stereocenters. The van der Waals surface area contributed by atoms with Crippen LogP contribution in [0.2, 0.25) is 0 Å². The van der Waals surface area contributed by atoms with E-state index >= 15 is 0 Å². The van der Waals surface area contributed by atoms with Crippen molar-refractivity contribution in [1.29, 1.82) is 0 Å². The molecule has 0 radical (unpaired) electrons. The molecule has 7 heteroatoms. The molecular formula is C29H25N3O3S. The van der Waals surface area contributed by atoms with Gasteiger partial charge in [-0.3, -0.25) is 19.6 Å². The van der Waals surface area contributed by atoms with E-state index in [0.717, 1.165) is 62.8 Å². The normalized spacial score (nSPS) is 14.6. The van der Waals surface area contributed by atoms with Crippen molar-refractivity contribution in [3.8, 4) is 0 Å². The van der Waals surface area contributed by atoms with Gasteiger partial charge in [-0.2, -0.15) is 0 Å². The van der Waals surface area contributed by atoms with Gasteiger partial charge in [0.05, 0.1) is 22.5 Å². The van der Waals surface area contributed by atoms with Crippen LogP contribution in [0, 0.1) is 0 Å². The van der Waals surface area contributed by atoms with E-state index < -0.39 is 5.97 Å². The Morgan fingerprint density at radius 3 is 2.33 bits per heavy atom. The number of aromatic nitrogens is 1. The van der Waals surface area contributed by atoms with E-state index in [0.29, 0.717) is 12.1 Å². The Balaban J connectivity index is 1.32. The van der Waals surface area contributed by atoms with Crippen LogP contribution in [-0.4, -0.2) is 41.5 Å². The summed E-state index contributed by atoms with van der Waals surface area (Å²) in [6.45, 7) is 4.21. The number of hydrogen-bond donors (Lipinski definition) is 0. The highest BCUT2D eigenvalue weighted by Gasteiger charge is 2.30. The zero-order valence-corrected chi connectivity index (χ0v) is 20.8. The standard InChI is InChI=1S/C29H25N3O3S/c1-2-31-16-15-22-20(17-31)28(19-9-3-4-10-21(19)30-22)29(34)35-18-27(33)32-23-11-5-7-13-25(23)36-26-14-8-6-12-24(26)32/h3-14H,2,15-18H2,1H3. The lowest BCUT2D eigenvalue weighted by atomic mass is 9.96. The van der Waals surface area contributed by atoms with Gasteiger partial charge in [0.2, 0.25) is 0 Å². The van der Waals surface area contributed by atoms with E-state index in [1.807, 2.05) is 72.8 Å². The molecule has 3 heterocycles. The maximum atomic E-state index is 13.6. The molecule has 0 unspecified atom stereocenters. The Kier molecular flexibility index (Phi) is 5.95. The highest BCUT2D eigenvalue weighted by atomic mass is 32.2. The summed E-state index contributed by atoms with van der Waals surface area (Å²) >= 11 is 1.63. The highest BCUT2D eigenvalue weighted by molar-refractivity contribution is 7.99. The summed E-state index contributed by atoms with van der Waals surface area (Å²) in [5.74, 6) is -0.768. The van der Waals surface area contributed by atoms with Crippen molar-refractivity contribution < 1.29 is 14.3 Å². The van der Waals surface area contributed by atoms with Gasteiger partial charge in [-0.05, 0) is 36.9 Å². The van der Waals surface area contributed by atoms with E-state index in [4.69, 9.17) is 9.72 Å². The van der Waals surface area contributed by atoms with Crippen molar-refractivity contribution in [2.45, 2.75) is 29.7 Å².